The van der Waals surface area contributed by atoms with Crippen molar-refractivity contribution in [3.63, 3.8) is 0 Å². The van der Waals surface area contributed by atoms with Gasteiger partial charge < -0.3 is 10.6 Å². The van der Waals surface area contributed by atoms with Gasteiger partial charge in [0.25, 0.3) is 0 Å². The summed E-state index contributed by atoms with van der Waals surface area (Å²) >= 11 is 1.24. The zero-order valence-electron chi connectivity index (χ0n) is 16.4. The number of aromatic nitrogens is 2. The standard InChI is InChI=1S/C21H20F3N5OS/c22-21(23,24)15-6-3-14(4-7-15)19-28-17(12-31-19)29-20(30)26-11-9-16-8-5-13-2-1-10-25-18(13)27-16/h3-8,12H,1-2,9-11H2,(H,25,27)(H2,26,29,30). The van der Waals surface area contributed by atoms with Gasteiger partial charge in [-0.1, -0.05) is 18.2 Å². The molecule has 0 spiro atoms. The lowest BCUT2D eigenvalue weighted by Gasteiger charge is -2.17. The van der Waals surface area contributed by atoms with Crippen molar-refractivity contribution in [2.75, 3.05) is 23.7 Å². The maximum absolute atomic E-state index is 12.7. The van der Waals surface area contributed by atoms with Gasteiger partial charge in [0.15, 0.2) is 0 Å². The number of carbonyl (C=O) groups is 1. The maximum Gasteiger partial charge on any atom is 0.416 e. The summed E-state index contributed by atoms with van der Waals surface area (Å²) in [6.07, 6.45) is -1.65. The molecule has 2 amide bonds. The molecule has 0 fully saturated rings. The van der Waals surface area contributed by atoms with Gasteiger partial charge in [-0.2, -0.15) is 13.2 Å². The van der Waals surface area contributed by atoms with Crippen molar-refractivity contribution in [1.82, 2.24) is 15.3 Å². The van der Waals surface area contributed by atoms with Gasteiger partial charge in [0.2, 0.25) is 0 Å². The number of pyridine rings is 1. The molecule has 3 heterocycles. The van der Waals surface area contributed by atoms with Gasteiger partial charge in [-0.15, -0.1) is 11.3 Å². The van der Waals surface area contributed by atoms with E-state index >= 15 is 0 Å². The Hall–Kier alpha value is -3.14. The molecule has 4 rings (SSSR count). The normalized spacial score (nSPS) is 13.3. The van der Waals surface area contributed by atoms with Crippen molar-refractivity contribution in [1.29, 1.82) is 0 Å². The number of hydrogen-bond donors (Lipinski definition) is 3. The first-order valence-corrected chi connectivity index (χ1v) is 10.7. The SMILES string of the molecule is O=C(NCCc1ccc2c(n1)NCCC2)Nc1csc(-c2ccc(C(F)(F)F)cc2)n1. The van der Waals surface area contributed by atoms with Gasteiger partial charge in [-0.25, -0.2) is 14.8 Å². The number of fused-ring (bicyclic) bond motifs is 1. The highest BCUT2D eigenvalue weighted by Crippen LogP contribution is 2.32. The molecule has 0 aliphatic carbocycles. The van der Waals surface area contributed by atoms with Crippen LogP contribution in [0.3, 0.4) is 0 Å². The summed E-state index contributed by atoms with van der Waals surface area (Å²) < 4.78 is 38.0. The van der Waals surface area contributed by atoms with Gasteiger partial charge in [-0.05, 0) is 36.6 Å². The highest BCUT2D eigenvalue weighted by molar-refractivity contribution is 7.13. The molecule has 31 heavy (non-hydrogen) atoms. The van der Waals surface area contributed by atoms with Crippen LogP contribution < -0.4 is 16.0 Å². The molecule has 1 aliphatic rings. The Kier molecular flexibility index (Phi) is 6.08. The third-order valence-electron chi connectivity index (χ3n) is 4.82. The molecule has 3 N–H and O–H groups in total. The van der Waals surface area contributed by atoms with Crippen LogP contribution in [0, 0.1) is 0 Å². The van der Waals surface area contributed by atoms with Crippen LogP contribution in [-0.2, 0) is 19.0 Å². The zero-order chi connectivity index (χ0) is 21.8. The van der Waals surface area contributed by atoms with E-state index in [1.165, 1.54) is 29.0 Å². The fourth-order valence-electron chi connectivity index (χ4n) is 3.24. The summed E-state index contributed by atoms with van der Waals surface area (Å²) in [6.45, 7) is 1.33. The lowest BCUT2D eigenvalue weighted by atomic mass is 10.1. The van der Waals surface area contributed by atoms with E-state index in [0.717, 1.165) is 43.0 Å². The summed E-state index contributed by atoms with van der Waals surface area (Å²) in [6, 6.07) is 8.41. The Morgan fingerprint density at radius 2 is 1.94 bits per heavy atom. The van der Waals surface area contributed by atoms with Crippen molar-refractivity contribution in [2.24, 2.45) is 0 Å². The molecule has 0 atom stereocenters. The van der Waals surface area contributed by atoms with Gasteiger partial charge >= 0.3 is 12.2 Å². The summed E-state index contributed by atoms with van der Waals surface area (Å²) in [5, 5.41) is 10.9. The molecule has 1 aliphatic heterocycles. The topological polar surface area (TPSA) is 78.9 Å². The second-order valence-corrected chi connectivity index (χ2v) is 7.94. The number of thiazole rings is 1. The van der Waals surface area contributed by atoms with Gasteiger partial charge in [-0.3, -0.25) is 5.32 Å². The van der Waals surface area contributed by atoms with E-state index in [1.54, 1.807) is 5.38 Å². The molecule has 3 aromatic rings. The van der Waals surface area contributed by atoms with Crippen molar-refractivity contribution in [2.45, 2.75) is 25.4 Å². The number of nitrogens with zero attached hydrogens (tertiary/aromatic N) is 2. The first-order chi connectivity index (χ1) is 14.9. The minimum absolute atomic E-state index is 0.341. The number of aryl methyl sites for hydroxylation is 1. The molecule has 0 unspecified atom stereocenters. The summed E-state index contributed by atoms with van der Waals surface area (Å²) in [5.41, 5.74) is 1.95. The number of carbonyl (C=O) groups excluding carboxylic acids is 1. The molecule has 0 saturated carbocycles. The quantitative estimate of drug-likeness (QED) is 0.517. The highest BCUT2D eigenvalue weighted by Gasteiger charge is 2.30. The molecule has 162 valence electrons. The maximum atomic E-state index is 12.7. The molecule has 0 bridgehead atoms. The highest BCUT2D eigenvalue weighted by atomic mass is 32.1. The van der Waals surface area contributed by atoms with Crippen LogP contribution in [-0.4, -0.2) is 29.1 Å². The van der Waals surface area contributed by atoms with Gasteiger partial charge in [0.1, 0.15) is 16.6 Å². The van der Waals surface area contributed by atoms with Gasteiger partial charge in [0, 0.05) is 36.1 Å². The van der Waals surface area contributed by atoms with Crippen LogP contribution in [0.4, 0.5) is 29.6 Å². The van der Waals surface area contributed by atoms with Crippen LogP contribution in [0.1, 0.15) is 23.2 Å². The van der Waals surface area contributed by atoms with E-state index in [9.17, 15) is 18.0 Å². The minimum Gasteiger partial charge on any atom is -0.370 e. The van der Waals surface area contributed by atoms with E-state index in [1.807, 2.05) is 6.07 Å². The first kappa shape index (κ1) is 21.1. The first-order valence-electron chi connectivity index (χ1n) is 9.79. The lowest BCUT2D eigenvalue weighted by molar-refractivity contribution is -0.137. The average molecular weight is 447 g/mol. The van der Waals surface area contributed by atoms with Crippen molar-refractivity contribution in [3.05, 3.63) is 58.6 Å². The van der Waals surface area contributed by atoms with Gasteiger partial charge in [0.05, 0.1) is 5.56 Å². The second kappa shape index (κ2) is 8.93. The van der Waals surface area contributed by atoms with E-state index in [4.69, 9.17) is 0 Å². The molecule has 0 radical (unpaired) electrons. The molecule has 2 aromatic heterocycles. The molecular weight excluding hydrogens is 427 g/mol. The zero-order valence-corrected chi connectivity index (χ0v) is 17.2. The Morgan fingerprint density at radius 3 is 2.71 bits per heavy atom. The number of alkyl halides is 3. The van der Waals surface area contributed by atoms with Crippen molar-refractivity contribution >= 4 is 29.0 Å². The second-order valence-electron chi connectivity index (χ2n) is 7.08. The predicted molar refractivity (Wildman–Crippen MR) is 114 cm³/mol. The van der Waals surface area contributed by atoms with E-state index in [2.05, 4.69) is 32.0 Å². The molecule has 0 saturated heterocycles. The molecule has 6 nitrogen and oxygen atoms in total. The predicted octanol–water partition coefficient (Wildman–Crippen LogP) is 4.95. The number of rotatable bonds is 5. The van der Waals surface area contributed by atoms with Crippen LogP contribution in [0.25, 0.3) is 10.6 Å². The monoisotopic (exact) mass is 447 g/mol. The third kappa shape index (κ3) is 5.32. The average Bonchev–Trinajstić information content (AvgIpc) is 3.21. The van der Waals surface area contributed by atoms with Crippen LogP contribution >= 0.6 is 11.3 Å². The molecular formula is C21H20F3N5OS. The number of hydrogen-bond acceptors (Lipinski definition) is 5. The van der Waals surface area contributed by atoms with Crippen LogP contribution in [0.2, 0.25) is 0 Å². The number of anilines is 2. The minimum atomic E-state index is -4.38. The summed E-state index contributed by atoms with van der Waals surface area (Å²) in [4.78, 5) is 21.0. The molecule has 10 heteroatoms. The fourth-order valence-corrected chi connectivity index (χ4v) is 4.00. The van der Waals surface area contributed by atoms with E-state index in [-0.39, 0.29) is 0 Å². The van der Waals surface area contributed by atoms with E-state index < -0.39 is 17.8 Å². The Bertz CT molecular complexity index is 1070. The number of urea groups is 1. The smallest absolute Gasteiger partial charge is 0.370 e. The Balaban J connectivity index is 1.28. The van der Waals surface area contributed by atoms with Crippen LogP contribution in [0.5, 0.6) is 0 Å². The summed E-state index contributed by atoms with van der Waals surface area (Å²) in [5.74, 6) is 1.26. The number of benzene rings is 1. The largest absolute Gasteiger partial charge is 0.416 e. The van der Waals surface area contributed by atoms with Crippen LogP contribution in [0.15, 0.2) is 41.8 Å². The number of nitrogens with one attached hydrogen (secondary N) is 3. The number of halogens is 3. The van der Waals surface area contributed by atoms with E-state index in [0.29, 0.717) is 29.4 Å². The Labute approximate surface area is 180 Å². The lowest BCUT2D eigenvalue weighted by Crippen LogP contribution is -2.30. The fraction of sp³-hybridized carbons (Fsp3) is 0.286. The number of amides is 2. The van der Waals surface area contributed by atoms with Crippen molar-refractivity contribution < 1.29 is 18.0 Å². The third-order valence-corrected chi connectivity index (χ3v) is 5.71. The van der Waals surface area contributed by atoms with Crippen molar-refractivity contribution in [3.8, 4) is 10.6 Å². The molecule has 1 aromatic carbocycles. The summed E-state index contributed by atoms with van der Waals surface area (Å²) in [7, 11) is 0. The Morgan fingerprint density at radius 1 is 1.13 bits per heavy atom.